The molecule has 0 bridgehead atoms. The molecule has 1 aliphatic carbocycles. The second kappa shape index (κ2) is 8.03. The van der Waals surface area contributed by atoms with Crippen LogP contribution in [0.1, 0.15) is 40.8 Å². The summed E-state index contributed by atoms with van der Waals surface area (Å²) < 4.78 is 5.70. The van der Waals surface area contributed by atoms with Crippen LogP contribution in [0.2, 0.25) is 0 Å². The normalized spacial score (nSPS) is 16.0. The molecule has 0 spiro atoms. The van der Waals surface area contributed by atoms with E-state index in [-0.39, 0.29) is 5.56 Å². The minimum absolute atomic E-state index is 0.0547. The molecule has 2 aromatic heterocycles. The fraction of sp³-hybridized carbons (Fsp3) is 0.375. The largest absolute Gasteiger partial charge is 0.496 e. The van der Waals surface area contributed by atoms with E-state index in [1.807, 2.05) is 12.1 Å². The maximum Gasteiger partial charge on any atom is 0.255 e. The van der Waals surface area contributed by atoms with Crippen molar-refractivity contribution in [2.45, 2.75) is 45.2 Å². The second-order valence-electron chi connectivity index (χ2n) is 8.18. The first-order valence-corrected chi connectivity index (χ1v) is 10.6. The van der Waals surface area contributed by atoms with Crippen LogP contribution < -0.4 is 10.3 Å². The molecule has 3 heterocycles. The van der Waals surface area contributed by atoms with E-state index >= 15 is 0 Å². The zero-order valence-electron chi connectivity index (χ0n) is 17.3. The number of rotatable bonds is 4. The van der Waals surface area contributed by atoms with Gasteiger partial charge in [-0.05, 0) is 55.0 Å². The van der Waals surface area contributed by atoms with Gasteiger partial charge in [0, 0.05) is 49.6 Å². The van der Waals surface area contributed by atoms with Crippen LogP contribution in [-0.4, -0.2) is 33.5 Å². The number of aryl methyl sites for hydroxylation is 2. The van der Waals surface area contributed by atoms with Crippen LogP contribution in [-0.2, 0) is 32.4 Å². The van der Waals surface area contributed by atoms with Crippen LogP contribution in [0, 0.1) is 0 Å². The summed E-state index contributed by atoms with van der Waals surface area (Å²) in [5.74, 6) is 1.55. The standard InChI is InChI=1S/C24H26N4O2/c1-30-22-12-17-6-3-2-5-16(17)11-19(22)14-28-10-8-21-20(15-28)24(29)27-23(26-21)18-7-4-9-25-13-18/h4,7,9,11-13H,2-3,5-6,8,10,14-15H2,1H3,(H,26,27,29). The lowest BCUT2D eigenvalue weighted by Crippen LogP contribution is -2.35. The van der Waals surface area contributed by atoms with E-state index in [0.29, 0.717) is 12.4 Å². The molecule has 0 radical (unpaired) electrons. The Kier molecular flexibility index (Phi) is 5.09. The van der Waals surface area contributed by atoms with Crippen molar-refractivity contribution in [3.8, 4) is 17.1 Å². The van der Waals surface area contributed by atoms with Crippen molar-refractivity contribution in [2.75, 3.05) is 13.7 Å². The van der Waals surface area contributed by atoms with Crippen molar-refractivity contribution >= 4 is 0 Å². The maximum atomic E-state index is 12.8. The highest BCUT2D eigenvalue weighted by atomic mass is 16.5. The third-order valence-electron chi connectivity index (χ3n) is 6.22. The first-order chi connectivity index (χ1) is 14.7. The third-order valence-corrected chi connectivity index (χ3v) is 6.22. The molecule has 1 aromatic carbocycles. The van der Waals surface area contributed by atoms with Crippen molar-refractivity contribution < 1.29 is 4.74 Å². The number of aromatic nitrogens is 3. The molecule has 6 heteroatoms. The van der Waals surface area contributed by atoms with Gasteiger partial charge in [0.1, 0.15) is 11.6 Å². The summed E-state index contributed by atoms with van der Waals surface area (Å²) in [4.78, 5) is 26.9. The van der Waals surface area contributed by atoms with E-state index in [1.165, 1.54) is 29.5 Å². The first kappa shape index (κ1) is 19.0. The molecule has 0 fully saturated rings. The number of aromatic amines is 1. The van der Waals surface area contributed by atoms with Gasteiger partial charge in [0.05, 0.1) is 18.4 Å². The molecule has 0 amide bonds. The number of hydrogen-bond donors (Lipinski definition) is 1. The fourth-order valence-corrected chi connectivity index (χ4v) is 4.62. The van der Waals surface area contributed by atoms with E-state index in [1.54, 1.807) is 19.5 Å². The van der Waals surface area contributed by atoms with Crippen LogP contribution in [0.5, 0.6) is 5.75 Å². The molecule has 1 N–H and O–H groups in total. The van der Waals surface area contributed by atoms with Crippen molar-refractivity contribution in [1.29, 1.82) is 0 Å². The van der Waals surface area contributed by atoms with E-state index in [2.05, 4.69) is 27.0 Å². The van der Waals surface area contributed by atoms with Gasteiger partial charge in [-0.2, -0.15) is 0 Å². The highest BCUT2D eigenvalue weighted by Crippen LogP contribution is 2.31. The topological polar surface area (TPSA) is 71.1 Å². The van der Waals surface area contributed by atoms with Gasteiger partial charge < -0.3 is 9.72 Å². The van der Waals surface area contributed by atoms with Gasteiger partial charge >= 0.3 is 0 Å². The molecule has 0 atom stereocenters. The van der Waals surface area contributed by atoms with Crippen LogP contribution in [0.3, 0.4) is 0 Å². The van der Waals surface area contributed by atoms with Crippen molar-refractivity contribution in [3.63, 3.8) is 0 Å². The Hall–Kier alpha value is -2.99. The Morgan fingerprint density at radius 1 is 1.17 bits per heavy atom. The lowest BCUT2D eigenvalue weighted by molar-refractivity contribution is 0.238. The van der Waals surface area contributed by atoms with E-state index in [9.17, 15) is 4.79 Å². The SMILES string of the molecule is COc1cc2c(cc1CN1CCc3nc(-c4cccnc4)[nH]c(=O)c3C1)CCCC2. The van der Waals surface area contributed by atoms with Gasteiger partial charge in [-0.3, -0.25) is 14.7 Å². The minimum Gasteiger partial charge on any atom is -0.496 e. The smallest absolute Gasteiger partial charge is 0.255 e. The first-order valence-electron chi connectivity index (χ1n) is 10.6. The van der Waals surface area contributed by atoms with Gasteiger partial charge in [-0.1, -0.05) is 6.07 Å². The molecule has 5 rings (SSSR count). The lowest BCUT2D eigenvalue weighted by atomic mass is 9.89. The number of fused-ring (bicyclic) bond motifs is 2. The Balaban J connectivity index is 1.40. The summed E-state index contributed by atoms with van der Waals surface area (Å²) >= 11 is 0. The van der Waals surface area contributed by atoms with Gasteiger partial charge in [0.25, 0.3) is 5.56 Å². The number of nitrogens with zero attached hydrogens (tertiary/aromatic N) is 3. The van der Waals surface area contributed by atoms with Crippen molar-refractivity contribution in [2.24, 2.45) is 0 Å². The molecule has 0 saturated carbocycles. The van der Waals surface area contributed by atoms with Crippen LogP contribution >= 0.6 is 0 Å². The third kappa shape index (κ3) is 3.63. The van der Waals surface area contributed by atoms with Gasteiger partial charge in [0.15, 0.2) is 0 Å². The van der Waals surface area contributed by atoms with Crippen molar-refractivity contribution in [1.82, 2.24) is 19.9 Å². The predicted molar refractivity (Wildman–Crippen MR) is 116 cm³/mol. The number of nitrogens with one attached hydrogen (secondary N) is 1. The number of H-pyrrole nitrogens is 1. The Morgan fingerprint density at radius 3 is 2.77 bits per heavy atom. The highest BCUT2D eigenvalue weighted by molar-refractivity contribution is 5.53. The Morgan fingerprint density at radius 2 is 2.00 bits per heavy atom. The molecule has 2 aliphatic rings. The summed E-state index contributed by atoms with van der Waals surface area (Å²) in [5, 5.41) is 0. The van der Waals surface area contributed by atoms with Gasteiger partial charge in [0.2, 0.25) is 0 Å². The number of hydrogen-bond acceptors (Lipinski definition) is 5. The lowest BCUT2D eigenvalue weighted by Gasteiger charge is -2.29. The fourth-order valence-electron chi connectivity index (χ4n) is 4.62. The molecule has 3 aromatic rings. The number of pyridine rings is 1. The van der Waals surface area contributed by atoms with E-state index in [4.69, 9.17) is 9.72 Å². The molecule has 6 nitrogen and oxygen atoms in total. The zero-order valence-corrected chi connectivity index (χ0v) is 17.3. The highest BCUT2D eigenvalue weighted by Gasteiger charge is 2.23. The molecule has 0 saturated heterocycles. The molecule has 0 unspecified atom stereocenters. The number of methoxy groups -OCH3 is 1. The summed E-state index contributed by atoms with van der Waals surface area (Å²) in [6.07, 6.45) is 9.01. The Bertz CT molecular complexity index is 1120. The average Bonchev–Trinajstić information content (AvgIpc) is 2.79. The zero-order chi connectivity index (χ0) is 20.5. The van der Waals surface area contributed by atoms with Gasteiger partial charge in [-0.25, -0.2) is 4.98 Å². The van der Waals surface area contributed by atoms with Crippen LogP contribution in [0.25, 0.3) is 11.4 Å². The molecular weight excluding hydrogens is 376 g/mol. The van der Waals surface area contributed by atoms with Crippen LogP contribution in [0.15, 0.2) is 41.5 Å². The minimum atomic E-state index is -0.0547. The predicted octanol–water partition coefficient (Wildman–Crippen LogP) is 3.28. The van der Waals surface area contributed by atoms with Crippen LogP contribution in [0.4, 0.5) is 0 Å². The molecule has 1 aliphatic heterocycles. The second-order valence-corrected chi connectivity index (χ2v) is 8.18. The summed E-state index contributed by atoms with van der Waals surface area (Å²) in [5.41, 5.74) is 6.53. The molecule has 154 valence electrons. The number of ether oxygens (including phenoxy) is 1. The Labute approximate surface area is 176 Å². The summed E-state index contributed by atoms with van der Waals surface area (Å²) in [7, 11) is 1.74. The quantitative estimate of drug-likeness (QED) is 0.725. The average molecular weight is 402 g/mol. The summed E-state index contributed by atoms with van der Waals surface area (Å²) in [6.45, 7) is 2.25. The van der Waals surface area contributed by atoms with Crippen molar-refractivity contribution in [3.05, 3.63) is 75.0 Å². The molecule has 30 heavy (non-hydrogen) atoms. The van der Waals surface area contributed by atoms with E-state index in [0.717, 1.165) is 54.9 Å². The van der Waals surface area contributed by atoms with E-state index < -0.39 is 0 Å². The monoisotopic (exact) mass is 402 g/mol. The summed E-state index contributed by atoms with van der Waals surface area (Å²) in [6, 6.07) is 8.30. The maximum absolute atomic E-state index is 12.8. The van der Waals surface area contributed by atoms with Gasteiger partial charge in [-0.15, -0.1) is 0 Å². The number of benzene rings is 1. The molecular formula is C24H26N4O2.